The zero-order valence-corrected chi connectivity index (χ0v) is 9.85. The summed E-state index contributed by atoms with van der Waals surface area (Å²) in [6, 6.07) is 0.289. The van der Waals surface area contributed by atoms with E-state index in [0.717, 1.165) is 13.1 Å². The van der Waals surface area contributed by atoms with Gasteiger partial charge in [0, 0.05) is 12.6 Å². The molecule has 0 heterocycles. The molecule has 2 nitrogen and oxygen atoms in total. The standard InChI is InChI=1S/C11H26N2/c1-6-11(4,5)8-13-7-9(2)10(3)12/h9-10,13H,6-8,12H2,1-5H3. The second-order valence-electron chi connectivity index (χ2n) is 4.99. The molecule has 3 N–H and O–H groups in total. The fraction of sp³-hybridized carbons (Fsp3) is 1.00. The van der Waals surface area contributed by atoms with Crippen molar-refractivity contribution >= 4 is 0 Å². The SMILES string of the molecule is CCC(C)(C)CNCC(C)C(C)N. The molecule has 2 atom stereocenters. The van der Waals surface area contributed by atoms with Gasteiger partial charge in [-0.05, 0) is 31.2 Å². The monoisotopic (exact) mass is 186 g/mol. The average Bonchev–Trinajstić information content (AvgIpc) is 2.04. The van der Waals surface area contributed by atoms with Gasteiger partial charge in [-0.2, -0.15) is 0 Å². The third-order valence-electron chi connectivity index (χ3n) is 2.92. The summed E-state index contributed by atoms with van der Waals surface area (Å²) in [5, 5.41) is 3.48. The number of rotatable bonds is 6. The molecule has 0 bridgehead atoms. The van der Waals surface area contributed by atoms with Gasteiger partial charge in [-0.3, -0.25) is 0 Å². The summed E-state index contributed by atoms with van der Waals surface area (Å²) in [7, 11) is 0. The maximum atomic E-state index is 5.78. The van der Waals surface area contributed by atoms with Crippen molar-refractivity contribution in [1.29, 1.82) is 0 Å². The highest BCUT2D eigenvalue weighted by Crippen LogP contribution is 2.17. The molecule has 13 heavy (non-hydrogen) atoms. The molecule has 0 aliphatic heterocycles. The van der Waals surface area contributed by atoms with Gasteiger partial charge in [0.1, 0.15) is 0 Å². The summed E-state index contributed by atoms with van der Waals surface area (Å²) in [4.78, 5) is 0. The summed E-state index contributed by atoms with van der Waals surface area (Å²) in [5.74, 6) is 0.563. The molecule has 0 radical (unpaired) electrons. The van der Waals surface area contributed by atoms with Crippen molar-refractivity contribution in [2.75, 3.05) is 13.1 Å². The maximum absolute atomic E-state index is 5.78. The smallest absolute Gasteiger partial charge is 0.00482 e. The summed E-state index contributed by atoms with van der Waals surface area (Å²) in [5.41, 5.74) is 6.19. The van der Waals surface area contributed by atoms with Gasteiger partial charge in [0.05, 0.1) is 0 Å². The predicted octanol–water partition coefficient (Wildman–Crippen LogP) is 2.00. The molecule has 0 aliphatic carbocycles. The Labute approximate surface area is 83.3 Å². The van der Waals surface area contributed by atoms with Crippen molar-refractivity contribution in [3.8, 4) is 0 Å². The summed E-state index contributed by atoms with van der Waals surface area (Å²) >= 11 is 0. The van der Waals surface area contributed by atoms with Crippen LogP contribution in [0.25, 0.3) is 0 Å². The van der Waals surface area contributed by atoms with Crippen molar-refractivity contribution in [3.63, 3.8) is 0 Å². The minimum Gasteiger partial charge on any atom is -0.328 e. The Kier molecular flexibility index (Phi) is 5.57. The third-order valence-corrected chi connectivity index (χ3v) is 2.92. The lowest BCUT2D eigenvalue weighted by Gasteiger charge is -2.25. The van der Waals surface area contributed by atoms with E-state index in [2.05, 4.69) is 39.9 Å². The largest absolute Gasteiger partial charge is 0.328 e. The van der Waals surface area contributed by atoms with E-state index in [-0.39, 0.29) is 6.04 Å². The zero-order chi connectivity index (χ0) is 10.5. The van der Waals surface area contributed by atoms with Crippen molar-refractivity contribution in [3.05, 3.63) is 0 Å². The molecule has 0 fully saturated rings. The topological polar surface area (TPSA) is 38.0 Å². The highest BCUT2D eigenvalue weighted by molar-refractivity contribution is 4.72. The zero-order valence-electron chi connectivity index (χ0n) is 9.85. The summed E-state index contributed by atoms with van der Waals surface area (Å²) < 4.78 is 0. The number of hydrogen-bond acceptors (Lipinski definition) is 2. The Morgan fingerprint density at radius 1 is 1.31 bits per heavy atom. The molecule has 0 saturated carbocycles. The molecule has 0 spiro atoms. The molecule has 2 unspecified atom stereocenters. The van der Waals surface area contributed by atoms with Crippen LogP contribution in [0.1, 0.15) is 41.0 Å². The van der Waals surface area contributed by atoms with Gasteiger partial charge in [-0.25, -0.2) is 0 Å². The molecule has 0 aromatic carbocycles. The van der Waals surface area contributed by atoms with Crippen LogP contribution in [0.15, 0.2) is 0 Å². The Morgan fingerprint density at radius 2 is 1.85 bits per heavy atom. The molecule has 0 aromatic heterocycles. The van der Waals surface area contributed by atoms with E-state index < -0.39 is 0 Å². The minimum atomic E-state index is 0.289. The normalized spacial score (nSPS) is 17.1. The number of hydrogen-bond donors (Lipinski definition) is 2. The van der Waals surface area contributed by atoms with Crippen LogP contribution in [-0.4, -0.2) is 19.1 Å². The van der Waals surface area contributed by atoms with Gasteiger partial charge in [0.15, 0.2) is 0 Å². The minimum absolute atomic E-state index is 0.289. The highest BCUT2D eigenvalue weighted by Gasteiger charge is 2.15. The second-order valence-corrected chi connectivity index (χ2v) is 4.99. The summed E-state index contributed by atoms with van der Waals surface area (Å²) in [6.45, 7) is 13.2. The van der Waals surface area contributed by atoms with Gasteiger partial charge < -0.3 is 11.1 Å². The van der Waals surface area contributed by atoms with E-state index in [0.29, 0.717) is 11.3 Å². The second kappa shape index (κ2) is 5.61. The highest BCUT2D eigenvalue weighted by atomic mass is 14.9. The van der Waals surface area contributed by atoms with E-state index >= 15 is 0 Å². The molecular formula is C11H26N2. The van der Waals surface area contributed by atoms with Crippen LogP contribution >= 0.6 is 0 Å². The quantitative estimate of drug-likeness (QED) is 0.666. The lowest BCUT2D eigenvalue weighted by atomic mass is 9.90. The van der Waals surface area contributed by atoms with Crippen LogP contribution in [-0.2, 0) is 0 Å². The molecule has 0 saturated heterocycles. The van der Waals surface area contributed by atoms with Crippen LogP contribution < -0.4 is 11.1 Å². The van der Waals surface area contributed by atoms with Crippen LogP contribution in [0.4, 0.5) is 0 Å². The number of nitrogens with two attached hydrogens (primary N) is 1. The van der Waals surface area contributed by atoms with Crippen molar-refractivity contribution in [2.45, 2.75) is 47.1 Å². The first kappa shape index (κ1) is 12.9. The van der Waals surface area contributed by atoms with Crippen molar-refractivity contribution in [2.24, 2.45) is 17.1 Å². The van der Waals surface area contributed by atoms with Gasteiger partial charge in [-0.15, -0.1) is 0 Å². The maximum Gasteiger partial charge on any atom is 0.00482 e. The number of nitrogens with one attached hydrogen (secondary N) is 1. The Balaban J connectivity index is 3.56. The van der Waals surface area contributed by atoms with Crippen LogP contribution in [0.5, 0.6) is 0 Å². The lowest BCUT2D eigenvalue weighted by molar-refractivity contribution is 0.312. The average molecular weight is 186 g/mol. The molecule has 0 rings (SSSR count). The molecule has 80 valence electrons. The van der Waals surface area contributed by atoms with E-state index in [9.17, 15) is 0 Å². The molecule has 0 aromatic rings. The fourth-order valence-electron chi connectivity index (χ4n) is 0.949. The molecular weight excluding hydrogens is 160 g/mol. The van der Waals surface area contributed by atoms with Crippen molar-refractivity contribution in [1.82, 2.24) is 5.32 Å². The Hall–Kier alpha value is -0.0800. The van der Waals surface area contributed by atoms with Crippen molar-refractivity contribution < 1.29 is 0 Å². The summed E-state index contributed by atoms with van der Waals surface area (Å²) in [6.07, 6.45) is 1.21. The van der Waals surface area contributed by atoms with E-state index in [1.807, 2.05) is 0 Å². The first-order chi connectivity index (χ1) is 5.89. The third kappa shape index (κ3) is 6.05. The van der Waals surface area contributed by atoms with Crippen LogP contribution in [0.2, 0.25) is 0 Å². The van der Waals surface area contributed by atoms with Gasteiger partial charge in [0.25, 0.3) is 0 Å². The van der Waals surface area contributed by atoms with Gasteiger partial charge in [0.2, 0.25) is 0 Å². The first-order valence-electron chi connectivity index (χ1n) is 5.35. The van der Waals surface area contributed by atoms with E-state index in [1.165, 1.54) is 6.42 Å². The Bertz CT molecular complexity index is 130. The molecule has 0 aliphatic rings. The fourth-order valence-corrected chi connectivity index (χ4v) is 0.949. The predicted molar refractivity (Wildman–Crippen MR) is 59.8 cm³/mol. The molecule has 0 amide bonds. The molecule has 2 heteroatoms. The van der Waals surface area contributed by atoms with E-state index in [4.69, 9.17) is 5.73 Å². The van der Waals surface area contributed by atoms with Gasteiger partial charge in [-0.1, -0.05) is 27.7 Å². The lowest BCUT2D eigenvalue weighted by Crippen LogP contribution is -2.37. The van der Waals surface area contributed by atoms with Crippen LogP contribution in [0.3, 0.4) is 0 Å². The van der Waals surface area contributed by atoms with Crippen LogP contribution in [0, 0.1) is 11.3 Å². The Morgan fingerprint density at radius 3 is 2.23 bits per heavy atom. The first-order valence-corrected chi connectivity index (χ1v) is 5.35. The van der Waals surface area contributed by atoms with Gasteiger partial charge >= 0.3 is 0 Å². The van der Waals surface area contributed by atoms with E-state index in [1.54, 1.807) is 0 Å².